The van der Waals surface area contributed by atoms with Crippen LogP contribution in [0.15, 0.2) is 158 Å². The molecule has 9 aromatic rings. The van der Waals surface area contributed by atoms with Gasteiger partial charge in [0, 0.05) is 39.6 Å². The first kappa shape index (κ1) is 24.5. The lowest BCUT2D eigenvalue weighted by atomic mass is 9.92. The smallest absolute Gasteiger partial charge is 0.0620 e. The molecule has 0 radical (unpaired) electrons. The molecule has 45 heavy (non-hydrogen) atoms. The molecule has 0 atom stereocenters. The van der Waals surface area contributed by atoms with Gasteiger partial charge in [-0.05, 0) is 91.7 Å². The van der Waals surface area contributed by atoms with Crippen LogP contribution in [0.2, 0.25) is 0 Å². The monoisotopic (exact) mass is 570 g/mol. The molecule has 0 N–H and O–H groups in total. The summed E-state index contributed by atoms with van der Waals surface area (Å²) in [7, 11) is 0. The van der Waals surface area contributed by atoms with Crippen molar-refractivity contribution in [1.29, 1.82) is 0 Å². The first-order valence-electron chi connectivity index (χ1n) is 15.5. The zero-order chi connectivity index (χ0) is 29.5. The quantitative estimate of drug-likeness (QED) is 0.207. The lowest BCUT2D eigenvalue weighted by Crippen LogP contribution is -1.94. The lowest BCUT2D eigenvalue weighted by Gasteiger charge is -2.12. The Morgan fingerprint density at radius 2 is 1.16 bits per heavy atom. The van der Waals surface area contributed by atoms with Gasteiger partial charge in [0.1, 0.15) is 0 Å². The standard InChI is InChI=1S/C43H26N2/c1-2-10-31(11-3-1)45-41-21-17-28(25-40(41)39-18-16-30-26-44-23-22-33(30)43(39)45)27-8-6-9-29(24-27)32-19-20-38-35-13-5-4-12-34(35)37-15-7-14-36(32)42(37)38/h1-26H. The minimum absolute atomic E-state index is 1.14. The van der Waals surface area contributed by atoms with E-state index in [4.69, 9.17) is 0 Å². The van der Waals surface area contributed by atoms with E-state index in [0.29, 0.717) is 0 Å². The van der Waals surface area contributed by atoms with Gasteiger partial charge in [0.25, 0.3) is 0 Å². The summed E-state index contributed by atoms with van der Waals surface area (Å²) in [5.74, 6) is 0. The van der Waals surface area contributed by atoms with Crippen molar-refractivity contribution in [3.05, 3.63) is 158 Å². The number of rotatable bonds is 3. The van der Waals surface area contributed by atoms with Crippen LogP contribution in [0.4, 0.5) is 0 Å². The average molecular weight is 571 g/mol. The number of hydrogen-bond acceptors (Lipinski definition) is 1. The summed E-state index contributed by atoms with van der Waals surface area (Å²) < 4.78 is 2.40. The minimum atomic E-state index is 1.14. The van der Waals surface area contributed by atoms with Crippen molar-refractivity contribution in [3.63, 3.8) is 0 Å². The van der Waals surface area contributed by atoms with E-state index in [9.17, 15) is 0 Å². The van der Waals surface area contributed by atoms with E-state index < -0.39 is 0 Å². The van der Waals surface area contributed by atoms with Gasteiger partial charge in [0.05, 0.1) is 11.0 Å². The molecule has 0 aliphatic heterocycles. The minimum Gasteiger partial charge on any atom is -0.309 e. The van der Waals surface area contributed by atoms with E-state index in [2.05, 4.69) is 155 Å². The summed E-state index contributed by atoms with van der Waals surface area (Å²) in [6, 6.07) is 53.3. The molecule has 1 aliphatic carbocycles. The van der Waals surface area contributed by atoms with Crippen LogP contribution in [0.1, 0.15) is 0 Å². The molecule has 0 saturated heterocycles. The highest BCUT2D eigenvalue weighted by Crippen LogP contribution is 2.49. The number of hydrogen-bond donors (Lipinski definition) is 0. The lowest BCUT2D eigenvalue weighted by molar-refractivity contribution is 1.19. The third-order valence-electron chi connectivity index (χ3n) is 9.61. The summed E-state index contributed by atoms with van der Waals surface area (Å²) >= 11 is 0. The maximum atomic E-state index is 4.40. The van der Waals surface area contributed by atoms with Crippen molar-refractivity contribution >= 4 is 43.4 Å². The number of fused-ring (bicyclic) bond motifs is 8. The molecule has 2 nitrogen and oxygen atoms in total. The van der Waals surface area contributed by atoms with E-state index in [1.165, 1.54) is 82.5 Å². The largest absolute Gasteiger partial charge is 0.309 e. The van der Waals surface area contributed by atoms with E-state index in [1.807, 2.05) is 12.4 Å². The predicted molar refractivity (Wildman–Crippen MR) is 189 cm³/mol. The van der Waals surface area contributed by atoms with Gasteiger partial charge in [-0.3, -0.25) is 4.98 Å². The second-order valence-electron chi connectivity index (χ2n) is 12.0. The van der Waals surface area contributed by atoms with Gasteiger partial charge in [-0.1, -0.05) is 109 Å². The van der Waals surface area contributed by atoms with E-state index >= 15 is 0 Å². The van der Waals surface area contributed by atoms with Crippen molar-refractivity contribution in [2.24, 2.45) is 0 Å². The Morgan fingerprint density at radius 3 is 2.04 bits per heavy atom. The third kappa shape index (κ3) is 3.48. The molecule has 0 bridgehead atoms. The molecule has 0 fully saturated rings. The zero-order valence-corrected chi connectivity index (χ0v) is 24.4. The number of nitrogens with zero attached hydrogens (tertiary/aromatic N) is 2. The van der Waals surface area contributed by atoms with Crippen molar-refractivity contribution in [1.82, 2.24) is 9.55 Å². The number of pyridine rings is 1. The van der Waals surface area contributed by atoms with Crippen LogP contribution >= 0.6 is 0 Å². The summed E-state index contributed by atoms with van der Waals surface area (Å²) in [6.07, 6.45) is 3.85. The highest BCUT2D eigenvalue weighted by atomic mass is 15.0. The third-order valence-corrected chi connectivity index (χ3v) is 9.61. The SMILES string of the molecule is c1ccc(-n2c3ccc(-c4cccc(-c5ccc6c7c(cccc57)-c5ccccc5-6)c4)cc3c3ccc4cnccc4c32)cc1. The molecular formula is C43H26N2. The van der Waals surface area contributed by atoms with Gasteiger partial charge in [-0.2, -0.15) is 0 Å². The molecule has 208 valence electrons. The summed E-state index contributed by atoms with van der Waals surface area (Å²) in [5, 5.41) is 7.52. The Morgan fingerprint density at radius 1 is 0.422 bits per heavy atom. The first-order valence-corrected chi connectivity index (χ1v) is 15.5. The summed E-state index contributed by atoms with van der Waals surface area (Å²) in [6.45, 7) is 0. The molecule has 0 amide bonds. The van der Waals surface area contributed by atoms with Crippen molar-refractivity contribution in [3.8, 4) is 50.2 Å². The topological polar surface area (TPSA) is 17.8 Å². The van der Waals surface area contributed by atoms with Crippen LogP contribution in [0.3, 0.4) is 0 Å². The normalized spacial score (nSPS) is 12.0. The van der Waals surface area contributed by atoms with Crippen LogP contribution in [0.5, 0.6) is 0 Å². The number of aromatic nitrogens is 2. The number of para-hydroxylation sites is 1. The number of benzene rings is 7. The molecule has 2 heteroatoms. The maximum absolute atomic E-state index is 4.40. The fourth-order valence-electron chi connectivity index (χ4n) is 7.63. The molecule has 0 unspecified atom stereocenters. The van der Waals surface area contributed by atoms with Gasteiger partial charge < -0.3 is 4.57 Å². The Kier molecular flexibility index (Phi) is 5.03. The highest BCUT2D eigenvalue weighted by Gasteiger charge is 2.22. The van der Waals surface area contributed by atoms with Crippen LogP contribution < -0.4 is 0 Å². The second-order valence-corrected chi connectivity index (χ2v) is 12.0. The van der Waals surface area contributed by atoms with Crippen LogP contribution in [-0.2, 0) is 0 Å². The van der Waals surface area contributed by atoms with Crippen LogP contribution in [0.25, 0.3) is 93.5 Å². The molecule has 2 heterocycles. The van der Waals surface area contributed by atoms with Gasteiger partial charge in [-0.25, -0.2) is 0 Å². The molecular weight excluding hydrogens is 544 g/mol. The Labute approximate surface area is 260 Å². The van der Waals surface area contributed by atoms with Crippen LogP contribution in [-0.4, -0.2) is 9.55 Å². The molecule has 2 aromatic heterocycles. The molecule has 10 rings (SSSR count). The van der Waals surface area contributed by atoms with Crippen LogP contribution in [0, 0.1) is 0 Å². The first-order chi connectivity index (χ1) is 22.3. The summed E-state index contributed by atoms with van der Waals surface area (Å²) in [4.78, 5) is 4.40. The Bertz CT molecular complexity index is 2610. The van der Waals surface area contributed by atoms with E-state index in [1.54, 1.807) is 0 Å². The maximum Gasteiger partial charge on any atom is 0.0620 e. The Hall–Kier alpha value is -5.99. The average Bonchev–Trinajstić information content (AvgIpc) is 3.63. The van der Waals surface area contributed by atoms with Gasteiger partial charge >= 0.3 is 0 Å². The van der Waals surface area contributed by atoms with E-state index in [0.717, 1.165) is 11.1 Å². The predicted octanol–water partition coefficient (Wildman–Crippen LogP) is 11.5. The fraction of sp³-hybridized carbons (Fsp3) is 0. The molecule has 7 aromatic carbocycles. The summed E-state index contributed by atoms with van der Waals surface area (Å²) in [5.41, 5.74) is 13.8. The van der Waals surface area contributed by atoms with Gasteiger partial charge in [0.2, 0.25) is 0 Å². The van der Waals surface area contributed by atoms with Gasteiger partial charge in [0.15, 0.2) is 0 Å². The van der Waals surface area contributed by atoms with E-state index in [-0.39, 0.29) is 0 Å². The highest BCUT2D eigenvalue weighted by molar-refractivity contribution is 6.20. The van der Waals surface area contributed by atoms with Crippen molar-refractivity contribution < 1.29 is 0 Å². The zero-order valence-electron chi connectivity index (χ0n) is 24.4. The fourth-order valence-corrected chi connectivity index (χ4v) is 7.63. The molecule has 0 saturated carbocycles. The Balaban J connectivity index is 1.17. The van der Waals surface area contributed by atoms with Crippen molar-refractivity contribution in [2.45, 2.75) is 0 Å². The molecule has 0 spiro atoms. The van der Waals surface area contributed by atoms with Gasteiger partial charge in [-0.15, -0.1) is 0 Å². The molecule has 1 aliphatic rings. The van der Waals surface area contributed by atoms with Crippen molar-refractivity contribution in [2.75, 3.05) is 0 Å². The second kappa shape index (κ2) is 9.25.